The number of hydrogen-bond acceptors (Lipinski definition) is 4. The van der Waals surface area contributed by atoms with Crippen LogP contribution in [0.1, 0.15) is 20.7 Å². The first-order valence-electron chi connectivity index (χ1n) is 7.87. The van der Waals surface area contributed by atoms with Crippen LogP contribution < -0.4 is 4.74 Å². The summed E-state index contributed by atoms with van der Waals surface area (Å²) in [7, 11) is 0. The number of carboxylic acid groups (broad SMARTS) is 2. The molecule has 0 fully saturated rings. The minimum absolute atomic E-state index is 0.134. The Labute approximate surface area is 162 Å². The summed E-state index contributed by atoms with van der Waals surface area (Å²) in [6.07, 6.45) is 0. The van der Waals surface area contributed by atoms with Crippen LogP contribution in [0.15, 0.2) is 70.5 Å². The lowest BCUT2D eigenvalue weighted by Crippen LogP contribution is -2.15. The van der Waals surface area contributed by atoms with Gasteiger partial charge in [-0.25, -0.2) is 18.4 Å². The molecule has 0 bridgehead atoms. The summed E-state index contributed by atoms with van der Waals surface area (Å²) in [6.45, 7) is 0. The lowest BCUT2D eigenvalue weighted by atomic mass is 10.1. The average Bonchev–Trinajstić information content (AvgIpc) is 2.68. The van der Waals surface area contributed by atoms with Crippen molar-refractivity contribution in [3.63, 3.8) is 0 Å². The van der Waals surface area contributed by atoms with E-state index in [1.54, 1.807) is 48.5 Å². The Morgan fingerprint density at radius 1 is 0.786 bits per heavy atom. The number of aromatic carboxylic acids is 2. The number of halogens is 2. The third-order valence-electron chi connectivity index (χ3n) is 3.65. The summed E-state index contributed by atoms with van der Waals surface area (Å²) in [5.74, 6) is -7.22. The second kappa shape index (κ2) is 8.10. The molecule has 0 heterocycles. The molecule has 0 aromatic heterocycles. The van der Waals surface area contributed by atoms with Crippen LogP contribution in [0.4, 0.5) is 8.78 Å². The maximum absolute atomic E-state index is 15.1. The number of carbonyl (C=O) groups is 2. The number of benzene rings is 3. The summed E-state index contributed by atoms with van der Waals surface area (Å²) in [5.41, 5.74) is -2.56. The van der Waals surface area contributed by atoms with E-state index >= 15 is 8.78 Å². The van der Waals surface area contributed by atoms with E-state index in [1.807, 2.05) is 0 Å². The van der Waals surface area contributed by atoms with E-state index in [0.717, 1.165) is 11.8 Å². The minimum Gasteiger partial charge on any atom is -0.478 e. The molecule has 3 aromatic rings. The zero-order valence-corrected chi connectivity index (χ0v) is 14.9. The van der Waals surface area contributed by atoms with Gasteiger partial charge in [-0.3, -0.25) is 0 Å². The summed E-state index contributed by atoms with van der Waals surface area (Å²) in [4.78, 5) is 22.9. The first-order valence-corrected chi connectivity index (χ1v) is 8.69. The second-order valence-corrected chi connectivity index (χ2v) is 6.56. The average molecular weight is 402 g/mol. The summed E-state index contributed by atoms with van der Waals surface area (Å²) < 4.78 is 35.5. The highest BCUT2D eigenvalue weighted by atomic mass is 32.2. The molecule has 0 spiro atoms. The Bertz CT molecular complexity index is 955. The molecule has 0 amide bonds. The van der Waals surface area contributed by atoms with Gasteiger partial charge in [0, 0.05) is 4.90 Å². The molecular weight excluding hydrogens is 390 g/mol. The highest BCUT2D eigenvalue weighted by Gasteiger charge is 2.33. The van der Waals surface area contributed by atoms with Crippen molar-refractivity contribution in [2.45, 2.75) is 9.79 Å². The number of ether oxygens (including phenoxy) is 1. The molecule has 3 rings (SSSR count). The molecule has 8 heteroatoms. The number of para-hydroxylation sites is 1. The Kier molecular flexibility index (Phi) is 5.60. The van der Waals surface area contributed by atoms with Gasteiger partial charge in [0.05, 0.1) is 4.90 Å². The van der Waals surface area contributed by atoms with Crippen molar-refractivity contribution in [3.05, 3.63) is 83.4 Å². The van der Waals surface area contributed by atoms with E-state index in [2.05, 4.69) is 0 Å². The number of rotatable bonds is 6. The van der Waals surface area contributed by atoms with Gasteiger partial charge < -0.3 is 14.9 Å². The molecule has 0 saturated carbocycles. The van der Waals surface area contributed by atoms with E-state index in [-0.39, 0.29) is 5.75 Å². The topological polar surface area (TPSA) is 83.8 Å². The van der Waals surface area contributed by atoms with Crippen molar-refractivity contribution < 1.29 is 33.3 Å². The molecule has 28 heavy (non-hydrogen) atoms. The first kappa shape index (κ1) is 19.4. The Balaban J connectivity index is 2.27. The van der Waals surface area contributed by atoms with Gasteiger partial charge in [-0.15, -0.1) is 0 Å². The van der Waals surface area contributed by atoms with Crippen LogP contribution in [0.3, 0.4) is 0 Å². The van der Waals surface area contributed by atoms with Crippen molar-refractivity contribution in [2.75, 3.05) is 0 Å². The molecule has 0 radical (unpaired) electrons. The lowest BCUT2D eigenvalue weighted by molar-refractivity contribution is 0.0640. The first-order chi connectivity index (χ1) is 13.4. The molecule has 2 N–H and O–H groups in total. The van der Waals surface area contributed by atoms with Crippen LogP contribution in [0, 0.1) is 11.6 Å². The maximum Gasteiger partial charge on any atom is 0.339 e. The monoisotopic (exact) mass is 402 g/mol. The summed E-state index contributed by atoms with van der Waals surface area (Å²) >= 11 is 0.730. The van der Waals surface area contributed by atoms with Crippen molar-refractivity contribution in [1.29, 1.82) is 0 Å². The fraction of sp³-hybridized carbons (Fsp3) is 0. The van der Waals surface area contributed by atoms with Crippen molar-refractivity contribution in [1.82, 2.24) is 0 Å². The SMILES string of the molecule is O=C(O)c1c(F)c(Oc2ccccc2)c(Sc2ccccc2)c(F)c1C(=O)O. The quantitative estimate of drug-likeness (QED) is 0.582. The molecule has 0 saturated heterocycles. The van der Waals surface area contributed by atoms with E-state index in [9.17, 15) is 19.8 Å². The van der Waals surface area contributed by atoms with Crippen LogP contribution in [0.25, 0.3) is 0 Å². The lowest BCUT2D eigenvalue weighted by Gasteiger charge is -2.16. The van der Waals surface area contributed by atoms with Crippen LogP contribution >= 0.6 is 11.8 Å². The molecule has 0 atom stereocenters. The normalized spacial score (nSPS) is 10.5. The van der Waals surface area contributed by atoms with E-state index in [0.29, 0.717) is 4.90 Å². The van der Waals surface area contributed by atoms with E-state index in [4.69, 9.17) is 4.74 Å². The molecule has 0 aliphatic carbocycles. The molecule has 142 valence electrons. The Hall–Kier alpha value is -3.39. The van der Waals surface area contributed by atoms with Gasteiger partial charge in [-0.05, 0) is 24.3 Å². The van der Waals surface area contributed by atoms with E-state index in [1.165, 1.54) is 12.1 Å². The zero-order chi connectivity index (χ0) is 20.3. The standard InChI is InChI=1S/C20H12F2O5S/c21-15-13(19(23)24)14(20(25)26)16(22)18(28-12-9-5-2-6-10-12)17(15)27-11-7-3-1-4-8-11/h1-10H,(H,23,24)(H,25,26). The molecule has 0 unspecified atom stereocenters. The van der Waals surface area contributed by atoms with Gasteiger partial charge in [-0.2, -0.15) is 0 Å². The highest BCUT2D eigenvalue weighted by Crippen LogP contribution is 2.43. The highest BCUT2D eigenvalue weighted by molar-refractivity contribution is 7.99. The Morgan fingerprint density at radius 3 is 1.82 bits per heavy atom. The fourth-order valence-corrected chi connectivity index (χ4v) is 3.39. The van der Waals surface area contributed by atoms with Gasteiger partial charge in [0.25, 0.3) is 0 Å². The molecule has 3 aromatic carbocycles. The molecular formula is C20H12F2O5S. The summed E-state index contributed by atoms with van der Waals surface area (Å²) in [6, 6.07) is 16.1. The largest absolute Gasteiger partial charge is 0.478 e. The zero-order valence-electron chi connectivity index (χ0n) is 14.1. The van der Waals surface area contributed by atoms with Crippen molar-refractivity contribution in [2.24, 2.45) is 0 Å². The predicted molar refractivity (Wildman–Crippen MR) is 97.4 cm³/mol. The molecule has 0 aliphatic heterocycles. The third kappa shape index (κ3) is 3.81. The minimum atomic E-state index is -1.91. The number of hydrogen-bond donors (Lipinski definition) is 2. The van der Waals surface area contributed by atoms with Crippen LogP contribution in [0.2, 0.25) is 0 Å². The predicted octanol–water partition coefficient (Wildman–Crippen LogP) is 5.30. The third-order valence-corrected chi connectivity index (χ3v) is 4.72. The van der Waals surface area contributed by atoms with E-state index < -0.39 is 45.3 Å². The van der Waals surface area contributed by atoms with Gasteiger partial charge >= 0.3 is 11.9 Å². The van der Waals surface area contributed by atoms with Gasteiger partial charge in [0.2, 0.25) is 0 Å². The van der Waals surface area contributed by atoms with Gasteiger partial charge in [0.1, 0.15) is 16.9 Å². The van der Waals surface area contributed by atoms with Crippen molar-refractivity contribution in [3.8, 4) is 11.5 Å². The number of carboxylic acids is 2. The second-order valence-electron chi connectivity index (χ2n) is 5.48. The summed E-state index contributed by atoms with van der Waals surface area (Å²) in [5, 5.41) is 18.5. The van der Waals surface area contributed by atoms with Gasteiger partial charge in [0.15, 0.2) is 17.4 Å². The van der Waals surface area contributed by atoms with Crippen LogP contribution in [-0.2, 0) is 0 Å². The smallest absolute Gasteiger partial charge is 0.339 e. The van der Waals surface area contributed by atoms with Crippen LogP contribution in [-0.4, -0.2) is 22.2 Å². The van der Waals surface area contributed by atoms with Gasteiger partial charge in [-0.1, -0.05) is 48.2 Å². The Morgan fingerprint density at radius 2 is 1.29 bits per heavy atom. The van der Waals surface area contributed by atoms with Crippen LogP contribution in [0.5, 0.6) is 11.5 Å². The fourth-order valence-electron chi connectivity index (χ4n) is 2.44. The molecule has 5 nitrogen and oxygen atoms in total. The maximum atomic E-state index is 15.1. The van der Waals surface area contributed by atoms with Crippen molar-refractivity contribution >= 4 is 23.7 Å². The molecule has 0 aliphatic rings.